The molecule has 100 valence electrons. The van der Waals surface area contributed by atoms with E-state index in [0.29, 0.717) is 5.38 Å². The van der Waals surface area contributed by atoms with E-state index in [1.54, 1.807) is 0 Å². The topological polar surface area (TPSA) is 6.48 Å². The van der Waals surface area contributed by atoms with Gasteiger partial charge in [-0.3, -0.25) is 0 Å². The highest BCUT2D eigenvalue weighted by molar-refractivity contribution is 6.20. The molecular formula is C14H27ClN2. The third kappa shape index (κ3) is 4.11. The fourth-order valence-corrected chi connectivity index (χ4v) is 3.78. The quantitative estimate of drug-likeness (QED) is 0.719. The fraction of sp³-hybridized carbons (Fsp3) is 1.00. The molecule has 2 rings (SSSR count). The molecule has 0 bridgehead atoms. The maximum atomic E-state index is 6.27. The van der Waals surface area contributed by atoms with Crippen LogP contribution < -0.4 is 0 Å². The Morgan fingerprint density at radius 1 is 1.12 bits per heavy atom. The summed E-state index contributed by atoms with van der Waals surface area (Å²) in [6.07, 6.45) is 7.90. The Balaban J connectivity index is 1.70. The maximum Gasteiger partial charge on any atom is 0.0339 e. The zero-order chi connectivity index (χ0) is 12.3. The van der Waals surface area contributed by atoms with Gasteiger partial charge in [-0.15, -0.1) is 11.6 Å². The normalized spacial score (nSPS) is 33.2. The zero-order valence-corrected chi connectivity index (χ0v) is 12.1. The van der Waals surface area contributed by atoms with E-state index in [9.17, 15) is 0 Å². The second-order valence-corrected chi connectivity index (χ2v) is 6.74. The van der Waals surface area contributed by atoms with E-state index in [-0.39, 0.29) is 0 Å². The third-order valence-electron chi connectivity index (χ3n) is 4.52. The summed E-state index contributed by atoms with van der Waals surface area (Å²) >= 11 is 6.27. The minimum atomic E-state index is 0.452. The number of rotatable bonds is 3. The zero-order valence-electron chi connectivity index (χ0n) is 11.4. The standard InChI is InChI=1S/C14H27ClN2/c1-16(2)14-6-8-17(9-7-14)11-12-4-3-5-13(15)10-12/h12-14H,3-11H2,1-2H3. The SMILES string of the molecule is CN(C)C1CCN(CC2CCCC(Cl)C2)CC1. The molecule has 0 radical (unpaired) electrons. The molecule has 2 fully saturated rings. The van der Waals surface area contributed by atoms with E-state index in [1.165, 1.54) is 58.2 Å². The van der Waals surface area contributed by atoms with Gasteiger partial charge in [0, 0.05) is 18.0 Å². The van der Waals surface area contributed by atoms with Crippen molar-refractivity contribution in [2.75, 3.05) is 33.7 Å². The summed E-state index contributed by atoms with van der Waals surface area (Å²) in [7, 11) is 4.42. The lowest BCUT2D eigenvalue weighted by Crippen LogP contribution is -2.44. The molecule has 2 nitrogen and oxygen atoms in total. The predicted octanol–water partition coefficient (Wildman–Crippen LogP) is 2.81. The molecule has 1 aliphatic heterocycles. The van der Waals surface area contributed by atoms with Gasteiger partial charge >= 0.3 is 0 Å². The van der Waals surface area contributed by atoms with Gasteiger partial charge in [0.15, 0.2) is 0 Å². The Labute approximate surface area is 111 Å². The molecule has 17 heavy (non-hydrogen) atoms. The molecule has 1 saturated carbocycles. The minimum Gasteiger partial charge on any atom is -0.306 e. The lowest BCUT2D eigenvalue weighted by molar-refractivity contribution is 0.121. The van der Waals surface area contributed by atoms with Gasteiger partial charge in [-0.1, -0.05) is 6.42 Å². The number of halogens is 1. The van der Waals surface area contributed by atoms with Crippen LogP contribution in [-0.4, -0.2) is 54.9 Å². The molecule has 0 amide bonds. The van der Waals surface area contributed by atoms with Crippen molar-refractivity contribution in [2.24, 2.45) is 5.92 Å². The maximum absolute atomic E-state index is 6.27. The smallest absolute Gasteiger partial charge is 0.0339 e. The van der Waals surface area contributed by atoms with Crippen LogP contribution in [0.25, 0.3) is 0 Å². The number of likely N-dealkylation sites (tertiary alicyclic amines) is 1. The van der Waals surface area contributed by atoms with E-state index >= 15 is 0 Å². The Morgan fingerprint density at radius 3 is 2.41 bits per heavy atom. The second-order valence-electron chi connectivity index (χ2n) is 6.13. The van der Waals surface area contributed by atoms with Crippen molar-refractivity contribution in [3.63, 3.8) is 0 Å². The van der Waals surface area contributed by atoms with Crippen LogP contribution in [0.4, 0.5) is 0 Å². The monoisotopic (exact) mass is 258 g/mol. The minimum absolute atomic E-state index is 0.452. The summed E-state index contributed by atoms with van der Waals surface area (Å²) in [5, 5.41) is 0.452. The molecule has 2 aliphatic rings. The second kappa shape index (κ2) is 6.40. The number of hydrogen-bond acceptors (Lipinski definition) is 2. The average Bonchev–Trinajstić information content (AvgIpc) is 2.29. The van der Waals surface area contributed by atoms with E-state index in [4.69, 9.17) is 11.6 Å². The molecule has 2 atom stereocenters. The van der Waals surface area contributed by atoms with E-state index in [1.807, 2.05) is 0 Å². The lowest BCUT2D eigenvalue weighted by atomic mass is 9.88. The van der Waals surface area contributed by atoms with Gasteiger partial charge in [0.05, 0.1) is 0 Å². The largest absolute Gasteiger partial charge is 0.306 e. The fourth-order valence-electron chi connectivity index (χ4n) is 3.37. The summed E-state index contributed by atoms with van der Waals surface area (Å²) < 4.78 is 0. The summed E-state index contributed by atoms with van der Waals surface area (Å²) in [6, 6.07) is 0.804. The van der Waals surface area contributed by atoms with Gasteiger partial charge in [-0.2, -0.15) is 0 Å². The van der Waals surface area contributed by atoms with Gasteiger partial charge in [-0.05, 0) is 65.2 Å². The van der Waals surface area contributed by atoms with Crippen LogP contribution in [-0.2, 0) is 0 Å². The van der Waals surface area contributed by atoms with Crippen LogP contribution in [0.3, 0.4) is 0 Å². The number of nitrogens with zero attached hydrogens (tertiary/aromatic N) is 2. The Hall–Kier alpha value is 0.210. The molecule has 0 aromatic heterocycles. The molecule has 3 heteroatoms. The van der Waals surface area contributed by atoms with Crippen molar-refractivity contribution in [1.82, 2.24) is 9.80 Å². The van der Waals surface area contributed by atoms with Gasteiger partial charge in [0.2, 0.25) is 0 Å². The molecule has 0 aromatic rings. The first kappa shape index (κ1) is 13.6. The van der Waals surface area contributed by atoms with E-state index in [0.717, 1.165) is 12.0 Å². The molecule has 1 saturated heterocycles. The first-order valence-electron chi connectivity index (χ1n) is 7.18. The van der Waals surface area contributed by atoms with Gasteiger partial charge in [0.25, 0.3) is 0 Å². The van der Waals surface area contributed by atoms with Crippen molar-refractivity contribution < 1.29 is 0 Å². The Bertz CT molecular complexity index is 224. The van der Waals surface area contributed by atoms with E-state index < -0.39 is 0 Å². The van der Waals surface area contributed by atoms with E-state index in [2.05, 4.69) is 23.9 Å². The summed E-state index contributed by atoms with van der Waals surface area (Å²) in [4.78, 5) is 5.05. The highest BCUT2D eigenvalue weighted by atomic mass is 35.5. The molecule has 0 N–H and O–H groups in total. The lowest BCUT2D eigenvalue weighted by Gasteiger charge is -2.38. The van der Waals surface area contributed by atoms with Crippen LogP contribution >= 0.6 is 11.6 Å². The number of piperidine rings is 1. The molecule has 1 heterocycles. The molecule has 0 spiro atoms. The van der Waals surface area contributed by atoms with Gasteiger partial charge in [0.1, 0.15) is 0 Å². The Kier molecular flexibility index (Phi) is 5.13. The van der Waals surface area contributed by atoms with Crippen molar-refractivity contribution in [2.45, 2.75) is 49.9 Å². The molecule has 0 aromatic carbocycles. The summed E-state index contributed by atoms with van der Waals surface area (Å²) in [5.41, 5.74) is 0. The van der Waals surface area contributed by atoms with Gasteiger partial charge < -0.3 is 9.80 Å². The molecule has 1 aliphatic carbocycles. The first-order valence-corrected chi connectivity index (χ1v) is 7.61. The third-order valence-corrected chi connectivity index (χ3v) is 4.92. The molecular weight excluding hydrogens is 232 g/mol. The van der Waals surface area contributed by atoms with Crippen LogP contribution in [0.1, 0.15) is 38.5 Å². The molecule has 2 unspecified atom stereocenters. The van der Waals surface area contributed by atoms with Crippen molar-refractivity contribution in [3.05, 3.63) is 0 Å². The van der Waals surface area contributed by atoms with Gasteiger partial charge in [-0.25, -0.2) is 0 Å². The van der Waals surface area contributed by atoms with Crippen molar-refractivity contribution in [1.29, 1.82) is 0 Å². The average molecular weight is 259 g/mol. The number of hydrogen-bond donors (Lipinski definition) is 0. The number of alkyl halides is 1. The summed E-state index contributed by atoms with van der Waals surface area (Å²) in [6.45, 7) is 3.86. The van der Waals surface area contributed by atoms with Crippen LogP contribution in [0.2, 0.25) is 0 Å². The first-order chi connectivity index (χ1) is 8.15. The van der Waals surface area contributed by atoms with Crippen molar-refractivity contribution >= 4 is 11.6 Å². The van der Waals surface area contributed by atoms with Crippen LogP contribution in [0.5, 0.6) is 0 Å². The van der Waals surface area contributed by atoms with Crippen LogP contribution in [0.15, 0.2) is 0 Å². The summed E-state index contributed by atoms with van der Waals surface area (Å²) in [5.74, 6) is 0.863. The predicted molar refractivity (Wildman–Crippen MR) is 74.7 cm³/mol. The van der Waals surface area contributed by atoms with Crippen LogP contribution in [0, 0.1) is 5.92 Å². The highest BCUT2D eigenvalue weighted by Crippen LogP contribution is 2.29. The highest BCUT2D eigenvalue weighted by Gasteiger charge is 2.25. The van der Waals surface area contributed by atoms with Crippen molar-refractivity contribution in [3.8, 4) is 0 Å². The Morgan fingerprint density at radius 2 is 1.82 bits per heavy atom.